The summed E-state index contributed by atoms with van der Waals surface area (Å²) in [4.78, 5) is 16.3. The zero-order valence-corrected chi connectivity index (χ0v) is 14.9. The summed E-state index contributed by atoms with van der Waals surface area (Å²) in [5, 5.41) is 0.770. The van der Waals surface area contributed by atoms with Gasteiger partial charge in [0.1, 0.15) is 0 Å². The maximum Gasteiger partial charge on any atom is 0.363 e. The summed E-state index contributed by atoms with van der Waals surface area (Å²) in [6.07, 6.45) is 1.61. The highest BCUT2D eigenvalue weighted by Gasteiger charge is 2.24. The lowest BCUT2D eigenvalue weighted by atomic mass is 10.1. The molecule has 3 rings (SSSR count). The third-order valence-electron chi connectivity index (χ3n) is 3.50. The zero-order chi connectivity index (χ0) is 18.0. The van der Waals surface area contributed by atoms with E-state index in [1.807, 2.05) is 0 Å². The molecule has 0 N–H and O–H groups in total. The molecule has 0 radical (unpaired) electrons. The maximum absolute atomic E-state index is 12.1. The van der Waals surface area contributed by atoms with E-state index < -0.39 is 5.97 Å². The third-order valence-corrected chi connectivity index (χ3v) is 4.24. The number of hydrogen-bond donors (Lipinski definition) is 0. The molecule has 0 spiro atoms. The average Bonchev–Trinajstić information content (AvgIpc) is 2.97. The maximum atomic E-state index is 12.1. The van der Waals surface area contributed by atoms with Gasteiger partial charge in [0.05, 0.1) is 24.3 Å². The lowest BCUT2D eigenvalue weighted by Crippen LogP contribution is -2.05. The molecule has 7 heteroatoms. The fourth-order valence-corrected chi connectivity index (χ4v) is 2.56. The van der Waals surface area contributed by atoms with Crippen LogP contribution in [0.5, 0.6) is 11.5 Å². The van der Waals surface area contributed by atoms with E-state index in [2.05, 4.69) is 4.99 Å². The van der Waals surface area contributed by atoms with E-state index in [4.69, 9.17) is 37.4 Å². The van der Waals surface area contributed by atoms with Gasteiger partial charge in [-0.1, -0.05) is 29.3 Å². The van der Waals surface area contributed by atoms with Crippen molar-refractivity contribution in [1.82, 2.24) is 0 Å². The Hall–Kier alpha value is -2.50. The second-order valence-corrected chi connectivity index (χ2v) is 5.89. The number of nitrogens with zero attached hydrogens (tertiary/aromatic N) is 1. The molecule has 1 aliphatic rings. The standard InChI is InChI=1S/C18H13Cl2NO4/c1-23-15-6-3-10(8-16(15)24-2)7-14-18(22)25-17(21-14)11-4-5-12(19)13(20)9-11/h3-9H,1-2H3/b14-7-. The first-order chi connectivity index (χ1) is 12.0. The number of benzene rings is 2. The molecule has 0 saturated carbocycles. The smallest absolute Gasteiger partial charge is 0.363 e. The predicted molar refractivity (Wildman–Crippen MR) is 96.6 cm³/mol. The van der Waals surface area contributed by atoms with Crippen molar-refractivity contribution in [1.29, 1.82) is 0 Å². The summed E-state index contributed by atoms with van der Waals surface area (Å²) in [5.41, 5.74) is 1.47. The Labute approximate surface area is 154 Å². The predicted octanol–water partition coefficient (Wildman–Crippen LogP) is 4.36. The van der Waals surface area contributed by atoms with Crippen LogP contribution < -0.4 is 9.47 Å². The van der Waals surface area contributed by atoms with E-state index in [1.165, 1.54) is 0 Å². The molecule has 0 bridgehead atoms. The van der Waals surface area contributed by atoms with Crippen molar-refractivity contribution in [3.63, 3.8) is 0 Å². The molecular weight excluding hydrogens is 365 g/mol. The topological polar surface area (TPSA) is 57.1 Å². The van der Waals surface area contributed by atoms with Crippen LogP contribution in [0.15, 0.2) is 47.1 Å². The Kier molecular flexibility index (Phi) is 4.97. The summed E-state index contributed by atoms with van der Waals surface area (Å²) in [5.74, 6) is 0.779. The van der Waals surface area contributed by atoms with Crippen molar-refractivity contribution < 1.29 is 19.0 Å². The Bertz CT molecular complexity index is 906. The van der Waals surface area contributed by atoms with E-state index in [0.29, 0.717) is 27.1 Å². The number of methoxy groups -OCH3 is 2. The van der Waals surface area contributed by atoms with Gasteiger partial charge in [0.25, 0.3) is 0 Å². The van der Waals surface area contributed by atoms with E-state index in [0.717, 1.165) is 5.56 Å². The van der Waals surface area contributed by atoms with Gasteiger partial charge >= 0.3 is 5.97 Å². The Morgan fingerprint density at radius 2 is 1.76 bits per heavy atom. The first kappa shape index (κ1) is 17.3. The summed E-state index contributed by atoms with van der Waals surface area (Å²) in [6, 6.07) is 10.2. The fourth-order valence-electron chi connectivity index (χ4n) is 2.26. The van der Waals surface area contributed by atoms with Gasteiger partial charge in [0, 0.05) is 5.56 Å². The largest absolute Gasteiger partial charge is 0.493 e. The number of carbonyl (C=O) groups is 1. The van der Waals surface area contributed by atoms with Gasteiger partial charge in [-0.05, 0) is 42.0 Å². The van der Waals surface area contributed by atoms with Crippen LogP contribution in [0.2, 0.25) is 10.0 Å². The van der Waals surface area contributed by atoms with Crippen LogP contribution in [0.4, 0.5) is 0 Å². The molecule has 0 saturated heterocycles. The van der Waals surface area contributed by atoms with Crippen LogP contribution in [0.1, 0.15) is 11.1 Å². The van der Waals surface area contributed by atoms with Crippen molar-refractivity contribution >= 4 is 41.1 Å². The quantitative estimate of drug-likeness (QED) is 0.586. The minimum atomic E-state index is -0.546. The number of ether oxygens (including phenoxy) is 3. The summed E-state index contributed by atoms with van der Waals surface area (Å²) in [6.45, 7) is 0. The molecule has 0 unspecified atom stereocenters. The van der Waals surface area contributed by atoms with Gasteiger partial charge in [-0.25, -0.2) is 9.79 Å². The number of esters is 1. The van der Waals surface area contributed by atoms with Crippen molar-refractivity contribution in [3.05, 3.63) is 63.3 Å². The Morgan fingerprint density at radius 3 is 2.44 bits per heavy atom. The fraction of sp³-hybridized carbons (Fsp3) is 0.111. The summed E-state index contributed by atoms with van der Waals surface area (Å²) < 4.78 is 15.7. The molecule has 25 heavy (non-hydrogen) atoms. The molecule has 1 heterocycles. The third kappa shape index (κ3) is 3.62. The number of carbonyl (C=O) groups excluding carboxylic acids is 1. The van der Waals surface area contributed by atoms with E-state index >= 15 is 0 Å². The van der Waals surface area contributed by atoms with Gasteiger partial charge in [0.2, 0.25) is 5.90 Å². The molecule has 1 aliphatic heterocycles. The molecule has 5 nitrogen and oxygen atoms in total. The van der Waals surface area contributed by atoms with E-state index in [-0.39, 0.29) is 11.6 Å². The summed E-state index contributed by atoms with van der Waals surface area (Å²) in [7, 11) is 3.09. The second kappa shape index (κ2) is 7.17. The Balaban J connectivity index is 1.94. The van der Waals surface area contributed by atoms with Crippen LogP contribution in [0, 0.1) is 0 Å². The number of hydrogen-bond acceptors (Lipinski definition) is 5. The SMILES string of the molecule is COc1ccc(/C=C2\N=C(c3ccc(Cl)c(Cl)c3)OC2=O)cc1OC. The number of halogens is 2. The molecular formula is C18H13Cl2NO4. The minimum Gasteiger partial charge on any atom is -0.493 e. The lowest BCUT2D eigenvalue weighted by Gasteiger charge is -2.07. The van der Waals surface area contributed by atoms with Gasteiger partial charge in [-0.15, -0.1) is 0 Å². The number of aliphatic imine (C=N–C) groups is 1. The first-order valence-electron chi connectivity index (χ1n) is 7.22. The number of rotatable bonds is 4. The zero-order valence-electron chi connectivity index (χ0n) is 13.4. The van der Waals surface area contributed by atoms with Gasteiger partial charge in [-0.2, -0.15) is 0 Å². The lowest BCUT2D eigenvalue weighted by molar-refractivity contribution is -0.129. The van der Waals surface area contributed by atoms with Gasteiger partial charge in [0.15, 0.2) is 17.2 Å². The minimum absolute atomic E-state index is 0.174. The molecule has 0 amide bonds. The highest BCUT2D eigenvalue weighted by molar-refractivity contribution is 6.42. The van der Waals surface area contributed by atoms with E-state index in [1.54, 1.807) is 56.7 Å². The van der Waals surface area contributed by atoms with Crippen molar-refractivity contribution in [2.45, 2.75) is 0 Å². The van der Waals surface area contributed by atoms with Crippen molar-refractivity contribution in [2.75, 3.05) is 14.2 Å². The molecule has 0 atom stereocenters. The molecule has 0 aliphatic carbocycles. The Morgan fingerprint density at radius 1 is 1.00 bits per heavy atom. The molecule has 2 aromatic carbocycles. The first-order valence-corrected chi connectivity index (χ1v) is 7.97. The van der Waals surface area contributed by atoms with Crippen LogP contribution >= 0.6 is 23.2 Å². The second-order valence-electron chi connectivity index (χ2n) is 5.08. The van der Waals surface area contributed by atoms with Gasteiger partial charge in [-0.3, -0.25) is 0 Å². The van der Waals surface area contributed by atoms with Crippen LogP contribution in [0.25, 0.3) is 6.08 Å². The normalized spacial score (nSPS) is 15.1. The van der Waals surface area contributed by atoms with Crippen LogP contribution in [0.3, 0.4) is 0 Å². The summed E-state index contributed by atoms with van der Waals surface area (Å²) >= 11 is 11.9. The van der Waals surface area contributed by atoms with Crippen molar-refractivity contribution in [3.8, 4) is 11.5 Å². The molecule has 0 fully saturated rings. The highest BCUT2D eigenvalue weighted by Crippen LogP contribution is 2.30. The molecule has 0 aromatic heterocycles. The van der Waals surface area contributed by atoms with Crippen LogP contribution in [-0.4, -0.2) is 26.1 Å². The number of cyclic esters (lactones) is 1. The molecule has 128 valence electrons. The van der Waals surface area contributed by atoms with Crippen molar-refractivity contribution in [2.24, 2.45) is 4.99 Å². The molecule has 2 aromatic rings. The monoisotopic (exact) mass is 377 g/mol. The van der Waals surface area contributed by atoms with Gasteiger partial charge < -0.3 is 14.2 Å². The van der Waals surface area contributed by atoms with E-state index in [9.17, 15) is 4.79 Å². The average molecular weight is 378 g/mol. The van der Waals surface area contributed by atoms with Crippen LogP contribution in [-0.2, 0) is 9.53 Å². The highest BCUT2D eigenvalue weighted by atomic mass is 35.5.